The third-order valence-corrected chi connectivity index (χ3v) is 4.42. The van der Waals surface area contributed by atoms with Gasteiger partial charge in [0.05, 0.1) is 11.0 Å². The summed E-state index contributed by atoms with van der Waals surface area (Å²) in [6.07, 6.45) is 6.31. The highest BCUT2D eigenvalue weighted by molar-refractivity contribution is 5.80. The molecule has 2 heterocycles. The van der Waals surface area contributed by atoms with Crippen LogP contribution in [-0.4, -0.2) is 35.1 Å². The third kappa shape index (κ3) is 3.14. The van der Waals surface area contributed by atoms with Crippen LogP contribution in [0.5, 0.6) is 0 Å². The molecule has 0 unspecified atom stereocenters. The molecule has 0 spiro atoms. The first kappa shape index (κ1) is 13.8. The zero-order chi connectivity index (χ0) is 14.8. The zero-order valence-corrected chi connectivity index (χ0v) is 12.8. The molecule has 0 bridgehead atoms. The van der Waals surface area contributed by atoms with E-state index in [1.807, 2.05) is 24.3 Å². The van der Waals surface area contributed by atoms with Crippen LogP contribution in [0.4, 0.5) is 11.6 Å². The predicted octanol–water partition coefficient (Wildman–Crippen LogP) is 2.76. The summed E-state index contributed by atoms with van der Waals surface area (Å²) in [5.74, 6) is 1.79. The Morgan fingerprint density at radius 3 is 2.45 bits per heavy atom. The number of hydrogen-bond donors (Lipinski definition) is 3. The summed E-state index contributed by atoms with van der Waals surface area (Å²) in [6, 6.07) is 9.17. The Labute approximate surface area is 130 Å². The molecule has 2 fully saturated rings. The highest BCUT2D eigenvalue weighted by atomic mass is 15.1. The maximum atomic E-state index is 4.78. The van der Waals surface area contributed by atoms with E-state index in [0.29, 0.717) is 12.1 Å². The van der Waals surface area contributed by atoms with Crippen molar-refractivity contribution in [3.8, 4) is 0 Å². The van der Waals surface area contributed by atoms with Gasteiger partial charge in [-0.2, -0.15) is 0 Å². The van der Waals surface area contributed by atoms with Crippen LogP contribution in [-0.2, 0) is 0 Å². The monoisotopic (exact) mass is 297 g/mol. The first-order valence-electron chi connectivity index (χ1n) is 8.39. The number of anilines is 2. The summed E-state index contributed by atoms with van der Waals surface area (Å²) in [4.78, 5) is 9.54. The number of piperidine rings is 1. The van der Waals surface area contributed by atoms with Gasteiger partial charge in [-0.15, -0.1) is 0 Å². The molecule has 0 radical (unpaired) electrons. The number of nitrogens with zero attached hydrogens (tertiary/aromatic N) is 2. The number of fused-ring (bicyclic) bond motifs is 1. The van der Waals surface area contributed by atoms with Gasteiger partial charge in [-0.3, -0.25) is 0 Å². The Morgan fingerprint density at radius 1 is 1.00 bits per heavy atom. The van der Waals surface area contributed by atoms with E-state index in [2.05, 4.69) is 16.0 Å². The maximum absolute atomic E-state index is 4.78. The summed E-state index contributed by atoms with van der Waals surface area (Å²) in [7, 11) is 0. The van der Waals surface area contributed by atoms with Gasteiger partial charge < -0.3 is 16.0 Å². The molecule has 116 valence electrons. The first-order chi connectivity index (χ1) is 10.9. The molecule has 2 aromatic rings. The molecular weight excluding hydrogens is 274 g/mol. The molecule has 1 aromatic carbocycles. The molecule has 2 aliphatic rings. The Hall–Kier alpha value is -1.88. The van der Waals surface area contributed by atoms with Gasteiger partial charge >= 0.3 is 0 Å². The second-order valence-corrected chi connectivity index (χ2v) is 6.36. The van der Waals surface area contributed by atoms with Crippen LogP contribution >= 0.6 is 0 Å². The molecule has 5 heteroatoms. The van der Waals surface area contributed by atoms with E-state index >= 15 is 0 Å². The predicted molar refractivity (Wildman–Crippen MR) is 90.3 cm³/mol. The van der Waals surface area contributed by atoms with E-state index in [0.717, 1.165) is 35.8 Å². The molecule has 1 saturated heterocycles. The second-order valence-electron chi connectivity index (χ2n) is 6.36. The smallest absolute Gasteiger partial charge is 0.169 e. The average Bonchev–Trinajstić information content (AvgIpc) is 3.38. The molecule has 1 saturated carbocycles. The summed E-state index contributed by atoms with van der Waals surface area (Å²) < 4.78 is 0. The number of hydrogen-bond acceptors (Lipinski definition) is 5. The van der Waals surface area contributed by atoms with E-state index in [4.69, 9.17) is 9.97 Å². The lowest BCUT2D eigenvalue weighted by molar-refractivity contribution is 0.414. The van der Waals surface area contributed by atoms with E-state index in [1.165, 1.54) is 32.1 Å². The molecule has 5 nitrogen and oxygen atoms in total. The molecule has 3 N–H and O–H groups in total. The van der Waals surface area contributed by atoms with Crippen molar-refractivity contribution in [3.63, 3.8) is 0 Å². The lowest BCUT2D eigenvalue weighted by Gasteiger charge is -2.24. The van der Waals surface area contributed by atoms with Crippen LogP contribution < -0.4 is 16.0 Å². The fourth-order valence-electron chi connectivity index (χ4n) is 2.96. The minimum Gasteiger partial charge on any atom is -0.365 e. The highest BCUT2D eigenvalue weighted by Crippen LogP contribution is 2.28. The summed E-state index contributed by atoms with van der Waals surface area (Å²) >= 11 is 0. The quantitative estimate of drug-likeness (QED) is 0.792. The molecule has 1 atom stereocenters. The minimum absolute atomic E-state index is 0.538. The fourth-order valence-corrected chi connectivity index (χ4v) is 2.96. The third-order valence-electron chi connectivity index (χ3n) is 4.42. The van der Waals surface area contributed by atoms with Crippen molar-refractivity contribution in [2.45, 2.75) is 44.2 Å². The largest absolute Gasteiger partial charge is 0.365 e. The van der Waals surface area contributed by atoms with Crippen molar-refractivity contribution in [3.05, 3.63) is 24.3 Å². The fraction of sp³-hybridized carbons (Fsp3) is 0.529. The topological polar surface area (TPSA) is 61.9 Å². The van der Waals surface area contributed by atoms with E-state index < -0.39 is 0 Å². The Balaban J connectivity index is 1.55. The lowest BCUT2D eigenvalue weighted by Crippen LogP contribution is -2.39. The maximum Gasteiger partial charge on any atom is 0.169 e. The summed E-state index contributed by atoms with van der Waals surface area (Å²) in [6.45, 7) is 2.04. The van der Waals surface area contributed by atoms with E-state index in [9.17, 15) is 0 Å². The molecule has 22 heavy (non-hydrogen) atoms. The number of para-hydroxylation sites is 2. The van der Waals surface area contributed by atoms with Crippen LogP contribution in [0.3, 0.4) is 0 Å². The van der Waals surface area contributed by atoms with Gasteiger partial charge in [-0.25, -0.2) is 9.97 Å². The van der Waals surface area contributed by atoms with Crippen LogP contribution in [0, 0.1) is 0 Å². The molecule has 4 rings (SSSR count). The molecule has 0 amide bonds. The van der Waals surface area contributed by atoms with Gasteiger partial charge in [0.2, 0.25) is 0 Å². The lowest BCUT2D eigenvalue weighted by atomic mass is 10.1. The SMILES string of the molecule is c1ccc2nc(NC3CC3)c(NC[C@H]3CCCCN3)nc2c1. The Kier molecular flexibility index (Phi) is 3.81. The number of nitrogens with one attached hydrogen (secondary N) is 3. The van der Waals surface area contributed by atoms with Crippen LogP contribution in [0.1, 0.15) is 32.1 Å². The minimum atomic E-state index is 0.538. The number of rotatable bonds is 5. The first-order valence-corrected chi connectivity index (χ1v) is 8.39. The van der Waals surface area contributed by atoms with Crippen LogP contribution in [0.25, 0.3) is 11.0 Å². The second kappa shape index (κ2) is 6.08. The van der Waals surface area contributed by atoms with Gasteiger partial charge in [0.1, 0.15) is 0 Å². The molecule has 1 aliphatic heterocycles. The van der Waals surface area contributed by atoms with Crippen LogP contribution in [0.15, 0.2) is 24.3 Å². The number of aromatic nitrogens is 2. The normalized spacial score (nSPS) is 21.7. The molecule has 1 aromatic heterocycles. The van der Waals surface area contributed by atoms with Gasteiger partial charge in [-0.05, 0) is 44.4 Å². The van der Waals surface area contributed by atoms with Crippen LogP contribution in [0.2, 0.25) is 0 Å². The summed E-state index contributed by atoms with van der Waals surface area (Å²) in [5, 5.41) is 10.6. The van der Waals surface area contributed by atoms with E-state index in [-0.39, 0.29) is 0 Å². The van der Waals surface area contributed by atoms with Crippen molar-refractivity contribution in [2.75, 3.05) is 23.7 Å². The van der Waals surface area contributed by atoms with Crippen molar-refractivity contribution in [2.24, 2.45) is 0 Å². The molecule has 1 aliphatic carbocycles. The van der Waals surface area contributed by atoms with Crippen molar-refractivity contribution >= 4 is 22.7 Å². The molecular formula is C17H23N5. The number of benzene rings is 1. The van der Waals surface area contributed by atoms with Crippen molar-refractivity contribution < 1.29 is 0 Å². The highest BCUT2D eigenvalue weighted by Gasteiger charge is 2.23. The standard InChI is InChI=1S/C17H23N5/c1-2-7-15-14(6-1)21-16(17(22-15)20-12-8-9-12)19-11-13-5-3-4-10-18-13/h1-2,6-7,12-13,18H,3-5,8-11H2,(H,19,21)(H,20,22)/t13-/m1/s1. The Bertz CT molecular complexity index is 647. The van der Waals surface area contributed by atoms with Gasteiger partial charge in [-0.1, -0.05) is 18.6 Å². The van der Waals surface area contributed by atoms with Crippen molar-refractivity contribution in [1.29, 1.82) is 0 Å². The van der Waals surface area contributed by atoms with Gasteiger partial charge in [0, 0.05) is 18.6 Å². The van der Waals surface area contributed by atoms with Gasteiger partial charge in [0.15, 0.2) is 11.6 Å². The van der Waals surface area contributed by atoms with Crippen molar-refractivity contribution in [1.82, 2.24) is 15.3 Å². The Morgan fingerprint density at radius 2 is 1.77 bits per heavy atom. The van der Waals surface area contributed by atoms with Gasteiger partial charge in [0.25, 0.3) is 0 Å². The summed E-state index contributed by atoms with van der Waals surface area (Å²) in [5.41, 5.74) is 1.90. The zero-order valence-electron chi connectivity index (χ0n) is 12.8. The van der Waals surface area contributed by atoms with E-state index in [1.54, 1.807) is 0 Å². The average molecular weight is 297 g/mol.